The van der Waals surface area contributed by atoms with Crippen molar-refractivity contribution in [2.45, 2.75) is 38.5 Å². The molecule has 0 aliphatic carbocycles. The summed E-state index contributed by atoms with van der Waals surface area (Å²) in [6.45, 7) is 5.43. The second-order valence-corrected chi connectivity index (χ2v) is 6.42. The number of pyridine rings is 1. The van der Waals surface area contributed by atoms with Crippen molar-refractivity contribution in [2.24, 2.45) is 0 Å². The van der Waals surface area contributed by atoms with Gasteiger partial charge >= 0.3 is 0 Å². The van der Waals surface area contributed by atoms with Crippen molar-refractivity contribution in [1.29, 1.82) is 0 Å². The lowest BCUT2D eigenvalue weighted by atomic mass is 9.97. The Morgan fingerprint density at radius 1 is 1.46 bits per heavy atom. The number of nitrogens with one attached hydrogen (secondary N) is 1. The molecule has 1 amide bonds. The number of nitrogens with zero attached hydrogens (tertiary/aromatic N) is 4. The molecule has 2 aromatic heterocycles. The van der Waals surface area contributed by atoms with Crippen LogP contribution in [-0.2, 0) is 0 Å². The molecule has 1 atom stereocenters. The minimum Gasteiger partial charge on any atom is -0.373 e. The summed E-state index contributed by atoms with van der Waals surface area (Å²) >= 11 is 0. The van der Waals surface area contributed by atoms with Gasteiger partial charge in [-0.05, 0) is 25.0 Å². The smallest absolute Gasteiger partial charge is 0.254 e. The molecular weight excluding hydrogens is 306 g/mol. The van der Waals surface area contributed by atoms with Gasteiger partial charge in [0, 0.05) is 37.8 Å². The summed E-state index contributed by atoms with van der Waals surface area (Å²) in [6.07, 6.45) is 3.54. The van der Waals surface area contributed by atoms with Gasteiger partial charge in [-0.2, -0.15) is 4.98 Å². The van der Waals surface area contributed by atoms with Crippen molar-refractivity contribution in [3.8, 4) is 0 Å². The zero-order valence-corrected chi connectivity index (χ0v) is 14.3. The van der Waals surface area contributed by atoms with Gasteiger partial charge in [0.15, 0.2) is 5.82 Å². The molecule has 1 N–H and O–H groups in total. The van der Waals surface area contributed by atoms with Gasteiger partial charge in [-0.1, -0.05) is 19.0 Å². The third-order valence-electron chi connectivity index (χ3n) is 4.29. The monoisotopic (exact) mass is 329 g/mol. The molecule has 2 aromatic rings. The van der Waals surface area contributed by atoms with E-state index >= 15 is 0 Å². The third kappa shape index (κ3) is 3.39. The summed E-state index contributed by atoms with van der Waals surface area (Å²) in [5.74, 6) is 2.41. The summed E-state index contributed by atoms with van der Waals surface area (Å²) in [5, 5.41) is 6.99. The maximum absolute atomic E-state index is 12.8. The predicted molar refractivity (Wildman–Crippen MR) is 90.0 cm³/mol. The highest BCUT2D eigenvalue weighted by Crippen LogP contribution is 2.27. The summed E-state index contributed by atoms with van der Waals surface area (Å²) in [5.41, 5.74) is 0.642. The highest BCUT2D eigenvalue weighted by atomic mass is 16.5. The van der Waals surface area contributed by atoms with E-state index in [1.165, 1.54) is 0 Å². The highest BCUT2D eigenvalue weighted by Gasteiger charge is 2.29. The number of rotatable bonds is 4. The lowest BCUT2D eigenvalue weighted by molar-refractivity contribution is 0.0695. The molecule has 0 aromatic carbocycles. The molecule has 0 bridgehead atoms. The van der Waals surface area contributed by atoms with E-state index in [0.717, 1.165) is 25.2 Å². The fraction of sp³-hybridized carbons (Fsp3) is 0.529. The Morgan fingerprint density at radius 3 is 3.00 bits per heavy atom. The number of amides is 1. The molecule has 1 saturated heterocycles. The van der Waals surface area contributed by atoms with Crippen LogP contribution in [0.3, 0.4) is 0 Å². The molecule has 1 fully saturated rings. The van der Waals surface area contributed by atoms with Crippen LogP contribution in [0.25, 0.3) is 0 Å². The van der Waals surface area contributed by atoms with Crippen molar-refractivity contribution < 1.29 is 9.32 Å². The second-order valence-electron chi connectivity index (χ2n) is 6.42. The maximum atomic E-state index is 12.8. The van der Waals surface area contributed by atoms with E-state index in [1.54, 1.807) is 25.4 Å². The van der Waals surface area contributed by atoms with E-state index in [9.17, 15) is 4.79 Å². The molecule has 24 heavy (non-hydrogen) atoms. The Balaban J connectivity index is 1.73. The van der Waals surface area contributed by atoms with Gasteiger partial charge in [0.2, 0.25) is 5.89 Å². The molecule has 7 nitrogen and oxygen atoms in total. The minimum atomic E-state index is 0.0159. The molecule has 3 rings (SSSR count). The first kappa shape index (κ1) is 16.4. The van der Waals surface area contributed by atoms with E-state index in [0.29, 0.717) is 23.8 Å². The normalized spacial score (nSPS) is 18.0. The lowest BCUT2D eigenvalue weighted by Gasteiger charge is -2.31. The topological polar surface area (TPSA) is 84.2 Å². The quantitative estimate of drug-likeness (QED) is 0.928. The van der Waals surface area contributed by atoms with Crippen LogP contribution < -0.4 is 5.32 Å². The van der Waals surface area contributed by atoms with Gasteiger partial charge in [0.05, 0.1) is 5.92 Å². The summed E-state index contributed by atoms with van der Waals surface area (Å²) in [7, 11) is 1.79. The first-order valence-electron chi connectivity index (χ1n) is 8.35. The summed E-state index contributed by atoms with van der Waals surface area (Å²) in [4.78, 5) is 23.3. The van der Waals surface area contributed by atoms with Gasteiger partial charge in [0.1, 0.15) is 5.82 Å². The Bertz CT molecular complexity index is 713. The molecule has 7 heteroatoms. The van der Waals surface area contributed by atoms with Crippen molar-refractivity contribution >= 4 is 11.7 Å². The van der Waals surface area contributed by atoms with Crippen molar-refractivity contribution in [3.05, 3.63) is 35.6 Å². The Hall–Kier alpha value is -2.44. The van der Waals surface area contributed by atoms with E-state index < -0.39 is 0 Å². The van der Waals surface area contributed by atoms with Crippen LogP contribution in [0.4, 0.5) is 5.82 Å². The average molecular weight is 329 g/mol. The third-order valence-corrected chi connectivity index (χ3v) is 4.29. The van der Waals surface area contributed by atoms with E-state index in [-0.39, 0.29) is 17.7 Å². The number of piperidine rings is 1. The number of hydrogen-bond donors (Lipinski definition) is 1. The first-order chi connectivity index (χ1) is 11.6. The second kappa shape index (κ2) is 6.98. The fourth-order valence-electron chi connectivity index (χ4n) is 2.89. The molecule has 0 saturated carbocycles. The van der Waals surface area contributed by atoms with Crippen LogP contribution in [0.1, 0.15) is 60.6 Å². The standard InChI is InChI=1S/C17H23N5O2/c1-11(2)15-20-16(24-21-15)13-5-4-8-22(10-13)17(23)12-6-7-19-14(9-12)18-3/h6-7,9,11,13H,4-5,8,10H2,1-3H3,(H,18,19). The molecule has 0 spiro atoms. The minimum absolute atomic E-state index is 0.0159. The average Bonchev–Trinajstić information content (AvgIpc) is 3.12. The molecule has 1 aliphatic rings. The highest BCUT2D eigenvalue weighted by molar-refractivity contribution is 5.94. The Morgan fingerprint density at radius 2 is 2.29 bits per heavy atom. The van der Waals surface area contributed by atoms with Crippen LogP contribution in [0, 0.1) is 0 Å². The van der Waals surface area contributed by atoms with Crippen molar-refractivity contribution in [2.75, 3.05) is 25.5 Å². The van der Waals surface area contributed by atoms with Crippen molar-refractivity contribution in [3.63, 3.8) is 0 Å². The largest absolute Gasteiger partial charge is 0.373 e. The van der Waals surface area contributed by atoms with E-state index in [2.05, 4.69) is 20.4 Å². The molecular formula is C17H23N5O2. The summed E-state index contributed by atoms with van der Waals surface area (Å²) < 4.78 is 5.42. The number of carbonyl (C=O) groups is 1. The number of aromatic nitrogens is 3. The van der Waals surface area contributed by atoms with Crippen LogP contribution in [0.15, 0.2) is 22.9 Å². The van der Waals surface area contributed by atoms with Gasteiger partial charge in [-0.3, -0.25) is 4.79 Å². The number of likely N-dealkylation sites (tertiary alicyclic amines) is 1. The lowest BCUT2D eigenvalue weighted by Crippen LogP contribution is -2.39. The van der Waals surface area contributed by atoms with Crippen molar-refractivity contribution in [1.82, 2.24) is 20.0 Å². The van der Waals surface area contributed by atoms with Crippen LogP contribution in [-0.4, -0.2) is 46.1 Å². The first-order valence-corrected chi connectivity index (χ1v) is 8.35. The molecule has 1 unspecified atom stereocenters. The Labute approximate surface area is 141 Å². The predicted octanol–water partition coefficient (Wildman–Crippen LogP) is 2.65. The zero-order valence-electron chi connectivity index (χ0n) is 14.3. The van der Waals surface area contributed by atoms with Gasteiger partial charge in [-0.15, -0.1) is 0 Å². The van der Waals surface area contributed by atoms with Gasteiger partial charge in [0.25, 0.3) is 5.91 Å². The maximum Gasteiger partial charge on any atom is 0.254 e. The molecule has 0 radical (unpaired) electrons. The summed E-state index contributed by atoms with van der Waals surface area (Å²) in [6, 6.07) is 3.52. The SMILES string of the molecule is CNc1cc(C(=O)N2CCCC(c3nc(C(C)C)no3)C2)ccn1. The zero-order chi connectivity index (χ0) is 17.1. The van der Waals surface area contributed by atoms with Crippen LogP contribution in [0.5, 0.6) is 0 Å². The molecule has 1 aliphatic heterocycles. The van der Waals surface area contributed by atoms with Gasteiger partial charge < -0.3 is 14.7 Å². The fourth-order valence-corrected chi connectivity index (χ4v) is 2.89. The molecule has 3 heterocycles. The van der Waals surface area contributed by atoms with E-state index in [1.807, 2.05) is 18.7 Å². The number of carbonyl (C=O) groups excluding carboxylic acids is 1. The number of hydrogen-bond acceptors (Lipinski definition) is 6. The number of anilines is 1. The van der Waals surface area contributed by atoms with Crippen LogP contribution in [0.2, 0.25) is 0 Å². The van der Waals surface area contributed by atoms with Crippen LogP contribution >= 0.6 is 0 Å². The van der Waals surface area contributed by atoms with E-state index in [4.69, 9.17) is 4.52 Å². The van der Waals surface area contributed by atoms with Gasteiger partial charge in [-0.25, -0.2) is 4.98 Å². The molecule has 128 valence electrons. The Kier molecular flexibility index (Phi) is 4.78.